The maximum absolute atomic E-state index is 12.5. The van der Waals surface area contributed by atoms with Gasteiger partial charge in [0.15, 0.2) is 0 Å². The molecule has 0 aliphatic heterocycles. The van der Waals surface area contributed by atoms with Crippen molar-refractivity contribution >= 4 is 43.0 Å². The van der Waals surface area contributed by atoms with Gasteiger partial charge in [-0.05, 0) is 41.1 Å². The van der Waals surface area contributed by atoms with Crippen molar-refractivity contribution in [3.05, 3.63) is 38.8 Å². The number of benzene rings is 1. The van der Waals surface area contributed by atoms with Crippen LogP contribution in [0.5, 0.6) is 0 Å². The maximum atomic E-state index is 12.5. The number of thiazole rings is 1. The molecule has 8 heteroatoms. The summed E-state index contributed by atoms with van der Waals surface area (Å²) in [5.74, 6) is 0. The number of nitrogens with two attached hydrogens (primary N) is 1. The van der Waals surface area contributed by atoms with Gasteiger partial charge in [-0.1, -0.05) is 0 Å². The van der Waals surface area contributed by atoms with Crippen LogP contribution in [0, 0.1) is 6.92 Å². The van der Waals surface area contributed by atoms with Crippen LogP contribution < -0.4 is 5.73 Å². The van der Waals surface area contributed by atoms with Gasteiger partial charge in [0.2, 0.25) is 10.0 Å². The molecule has 1 aromatic carbocycles. The fraction of sp³-hybridized carbons (Fsp3) is 0.250. The molecule has 1 heterocycles. The molecule has 0 saturated heterocycles. The SMILES string of the molecule is Cc1ncc(CN(C)S(=O)(=O)c2cc(N)ccc2Br)s1. The predicted molar refractivity (Wildman–Crippen MR) is 84.1 cm³/mol. The zero-order valence-electron chi connectivity index (χ0n) is 11.0. The molecule has 0 aliphatic rings. The van der Waals surface area contributed by atoms with E-state index in [4.69, 9.17) is 5.73 Å². The molecule has 0 unspecified atom stereocenters. The van der Waals surface area contributed by atoms with Crippen LogP contribution in [-0.2, 0) is 16.6 Å². The fourth-order valence-electron chi connectivity index (χ4n) is 1.67. The summed E-state index contributed by atoms with van der Waals surface area (Å²) in [6, 6.07) is 4.73. The number of sulfonamides is 1. The molecule has 5 nitrogen and oxygen atoms in total. The molecule has 0 spiro atoms. The van der Waals surface area contributed by atoms with Gasteiger partial charge in [0, 0.05) is 34.8 Å². The first-order valence-corrected chi connectivity index (χ1v) is 8.78. The molecule has 0 fully saturated rings. The highest BCUT2D eigenvalue weighted by atomic mass is 79.9. The van der Waals surface area contributed by atoms with Gasteiger partial charge >= 0.3 is 0 Å². The van der Waals surface area contributed by atoms with Gasteiger partial charge in [-0.2, -0.15) is 4.31 Å². The maximum Gasteiger partial charge on any atom is 0.244 e. The molecular formula is C12H14BrN3O2S2. The van der Waals surface area contributed by atoms with E-state index in [1.54, 1.807) is 25.4 Å². The smallest absolute Gasteiger partial charge is 0.244 e. The molecule has 20 heavy (non-hydrogen) atoms. The second kappa shape index (κ2) is 5.80. The average molecular weight is 376 g/mol. The number of nitrogens with zero attached hydrogens (tertiary/aromatic N) is 2. The molecule has 0 saturated carbocycles. The second-order valence-corrected chi connectivity index (χ2v) is 8.48. The van der Waals surface area contributed by atoms with E-state index in [2.05, 4.69) is 20.9 Å². The normalized spacial score (nSPS) is 12.0. The Morgan fingerprint density at radius 1 is 1.45 bits per heavy atom. The number of rotatable bonds is 4. The molecule has 2 rings (SSSR count). The van der Waals surface area contributed by atoms with Crippen molar-refractivity contribution in [1.29, 1.82) is 0 Å². The number of nitrogen functional groups attached to an aromatic ring is 1. The Kier molecular flexibility index (Phi) is 4.48. The average Bonchev–Trinajstić information content (AvgIpc) is 2.77. The summed E-state index contributed by atoms with van der Waals surface area (Å²) in [5.41, 5.74) is 6.08. The van der Waals surface area contributed by atoms with E-state index in [1.807, 2.05) is 6.92 Å². The minimum absolute atomic E-state index is 0.168. The van der Waals surface area contributed by atoms with Crippen molar-refractivity contribution in [3.8, 4) is 0 Å². The lowest BCUT2D eigenvalue weighted by Gasteiger charge is -2.17. The minimum atomic E-state index is -3.60. The molecule has 0 bridgehead atoms. The Balaban J connectivity index is 2.32. The Morgan fingerprint density at radius 2 is 2.15 bits per heavy atom. The van der Waals surface area contributed by atoms with Gasteiger partial charge in [0.25, 0.3) is 0 Å². The van der Waals surface area contributed by atoms with Crippen LogP contribution in [0.3, 0.4) is 0 Å². The van der Waals surface area contributed by atoms with Crippen molar-refractivity contribution in [3.63, 3.8) is 0 Å². The first kappa shape index (κ1) is 15.4. The van der Waals surface area contributed by atoms with E-state index < -0.39 is 10.0 Å². The third-order valence-electron chi connectivity index (χ3n) is 2.69. The number of aryl methyl sites for hydroxylation is 1. The van der Waals surface area contributed by atoms with E-state index in [-0.39, 0.29) is 11.4 Å². The lowest BCUT2D eigenvalue weighted by molar-refractivity contribution is 0.469. The van der Waals surface area contributed by atoms with Crippen molar-refractivity contribution in [2.45, 2.75) is 18.4 Å². The summed E-state index contributed by atoms with van der Waals surface area (Å²) in [6.07, 6.45) is 1.69. The van der Waals surface area contributed by atoms with Gasteiger partial charge in [-0.15, -0.1) is 11.3 Å². The summed E-state index contributed by atoms with van der Waals surface area (Å²) in [6.45, 7) is 2.17. The monoisotopic (exact) mass is 375 g/mol. The molecule has 0 aliphatic carbocycles. The van der Waals surface area contributed by atoms with Crippen LogP contribution >= 0.6 is 27.3 Å². The Morgan fingerprint density at radius 3 is 2.75 bits per heavy atom. The Labute approximate surface area is 130 Å². The van der Waals surface area contributed by atoms with Crippen LogP contribution in [0.2, 0.25) is 0 Å². The zero-order chi connectivity index (χ0) is 14.9. The van der Waals surface area contributed by atoms with Gasteiger partial charge < -0.3 is 5.73 Å². The number of halogens is 1. The summed E-state index contributed by atoms with van der Waals surface area (Å²) < 4.78 is 26.9. The standard InChI is InChI=1S/C12H14BrN3O2S2/c1-8-15-6-10(19-8)7-16(2)20(17,18)12-5-9(14)3-4-11(12)13/h3-6H,7,14H2,1-2H3. The summed E-state index contributed by atoms with van der Waals surface area (Å²) in [7, 11) is -2.05. The van der Waals surface area contributed by atoms with Crippen LogP contribution in [0.1, 0.15) is 9.88 Å². The molecule has 2 aromatic rings. The van der Waals surface area contributed by atoms with E-state index in [9.17, 15) is 8.42 Å². The van der Waals surface area contributed by atoms with Gasteiger partial charge in [0.1, 0.15) is 0 Å². The van der Waals surface area contributed by atoms with E-state index in [1.165, 1.54) is 21.7 Å². The van der Waals surface area contributed by atoms with Gasteiger partial charge in [-0.25, -0.2) is 13.4 Å². The van der Waals surface area contributed by atoms with Gasteiger partial charge in [-0.3, -0.25) is 0 Å². The number of aromatic nitrogens is 1. The molecule has 0 amide bonds. The van der Waals surface area contributed by atoms with Crippen molar-refractivity contribution in [1.82, 2.24) is 9.29 Å². The van der Waals surface area contributed by atoms with E-state index in [0.29, 0.717) is 10.2 Å². The van der Waals surface area contributed by atoms with Crippen molar-refractivity contribution in [2.24, 2.45) is 0 Å². The lowest BCUT2D eigenvalue weighted by Crippen LogP contribution is -2.26. The fourth-order valence-corrected chi connectivity index (χ4v) is 4.70. The highest BCUT2D eigenvalue weighted by Gasteiger charge is 2.24. The van der Waals surface area contributed by atoms with E-state index >= 15 is 0 Å². The minimum Gasteiger partial charge on any atom is -0.399 e. The van der Waals surface area contributed by atoms with E-state index in [0.717, 1.165) is 9.88 Å². The highest BCUT2D eigenvalue weighted by Crippen LogP contribution is 2.27. The first-order valence-electron chi connectivity index (χ1n) is 5.73. The van der Waals surface area contributed by atoms with Crippen LogP contribution in [0.25, 0.3) is 0 Å². The van der Waals surface area contributed by atoms with Crippen molar-refractivity contribution in [2.75, 3.05) is 12.8 Å². The lowest BCUT2D eigenvalue weighted by atomic mass is 10.3. The molecule has 0 radical (unpaired) electrons. The second-order valence-electron chi connectivity index (χ2n) is 4.30. The van der Waals surface area contributed by atoms with Crippen LogP contribution in [0.4, 0.5) is 5.69 Å². The van der Waals surface area contributed by atoms with Crippen LogP contribution in [-0.4, -0.2) is 24.8 Å². The molecular weight excluding hydrogens is 362 g/mol. The highest BCUT2D eigenvalue weighted by molar-refractivity contribution is 9.10. The number of hydrogen-bond acceptors (Lipinski definition) is 5. The largest absolute Gasteiger partial charge is 0.399 e. The number of anilines is 1. The molecule has 108 valence electrons. The Bertz CT molecular complexity index is 728. The molecule has 0 atom stereocenters. The Hall–Kier alpha value is -0.960. The molecule has 2 N–H and O–H groups in total. The topological polar surface area (TPSA) is 76.3 Å². The third kappa shape index (κ3) is 3.20. The quantitative estimate of drug-likeness (QED) is 0.833. The third-order valence-corrected chi connectivity index (χ3v) is 6.39. The van der Waals surface area contributed by atoms with Crippen molar-refractivity contribution < 1.29 is 8.42 Å². The van der Waals surface area contributed by atoms with Crippen LogP contribution in [0.15, 0.2) is 33.8 Å². The molecule has 1 aromatic heterocycles. The summed E-state index contributed by atoms with van der Waals surface area (Å²) >= 11 is 4.73. The van der Waals surface area contributed by atoms with Gasteiger partial charge in [0.05, 0.1) is 9.90 Å². The predicted octanol–water partition coefficient (Wildman–Crippen LogP) is 2.62. The zero-order valence-corrected chi connectivity index (χ0v) is 14.2. The number of hydrogen-bond donors (Lipinski definition) is 1. The summed E-state index contributed by atoms with van der Waals surface area (Å²) in [5, 5.41) is 0.913. The summed E-state index contributed by atoms with van der Waals surface area (Å²) in [4.78, 5) is 5.19. The first-order chi connectivity index (χ1) is 9.30.